The molecule has 2 aliphatic heterocycles. The van der Waals surface area contributed by atoms with Crippen LogP contribution in [0, 0.1) is 11.2 Å². The lowest BCUT2D eigenvalue weighted by Gasteiger charge is -2.44. The summed E-state index contributed by atoms with van der Waals surface area (Å²) in [5, 5.41) is 7.74. The van der Waals surface area contributed by atoms with Crippen molar-refractivity contribution < 1.29 is 23.4 Å². The number of fused-ring (bicyclic) bond motifs is 2. The van der Waals surface area contributed by atoms with Gasteiger partial charge in [0.1, 0.15) is 17.5 Å². The lowest BCUT2D eigenvalue weighted by molar-refractivity contribution is -0.156. The second-order valence-corrected chi connectivity index (χ2v) is 14.9. The number of aromatic nitrogens is 3. The van der Waals surface area contributed by atoms with E-state index in [1.807, 2.05) is 43.8 Å². The molecule has 1 spiro atoms. The summed E-state index contributed by atoms with van der Waals surface area (Å²) >= 11 is 0. The van der Waals surface area contributed by atoms with Gasteiger partial charge in [0.05, 0.1) is 24.0 Å². The van der Waals surface area contributed by atoms with Crippen LogP contribution in [0.1, 0.15) is 91.0 Å². The van der Waals surface area contributed by atoms with Gasteiger partial charge in [-0.2, -0.15) is 5.10 Å². The van der Waals surface area contributed by atoms with Crippen LogP contribution in [0.2, 0.25) is 0 Å². The lowest BCUT2D eigenvalue weighted by Crippen LogP contribution is -2.46. The molecule has 2 aromatic carbocycles. The summed E-state index contributed by atoms with van der Waals surface area (Å²) in [6.45, 7) is 12.8. The van der Waals surface area contributed by atoms with E-state index < -0.39 is 5.60 Å². The Balaban J connectivity index is 1.22. The molecule has 1 aliphatic carbocycles. The van der Waals surface area contributed by atoms with E-state index in [0.29, 0.717) is 12.4 Å². The van der Waals surface area contributed by atoms with Crippen LogP contribution in [0.4, 0.5) is 4.39 Å². The minimum Gasteiger partial charge on any atom is -0.474 e. The van der Waals surface area contributed by atoms with Gasteiger partial charge in [0.15, 0.2) is 6.23 Å². The number of nitrogens with zero attached hydrogens (tertiary/aromatic N) is 4. The Morgan fingerprint density at radius 2 is 1.91 bits per heavy atom. The zero-order valence-corrected chi connectivity index (χ0v) is 27.6. The maximum Gasteiger partial charge on any atom is 0.320 e. The number of esters is 1. The molecule has 0 bridgehead atoms. The first-order valence-corrected chi connectivity index (χ1v) is 16.8. The van der Waals surface area contributed by atoms with Crippen molar-refractivity contribution in [2.75, 3.05) is 26.2 Å². The first-order valence-electron chi connectivity index (χ1n) is 16.8. The predicted octanol–water partition coefficient (Wildman–Crippen LogP) is 7.79. The smallest absolute Gasteiger partial charge is 0.320 e. The standard InChI is InChI=1S/C37H45FN4O4/c1-23(2)34-33(24-9-11-26(38)12-10-24)28-16-25-20-39-42(31-8-6-7-15-44-31)30(25)17-29(28)35(40-34)45-27-18-37(19-27)13-14-41(22-37)21-32(43)46-36(3,4)5/h9-12,16-17,20,23,27,31H,6-8,13-15,18-19,21-22H2,1-5H3. The van der Waals surface area contributed by atoms with Crippen molar-refractivity contribution in [2.24, 2.45) is 5.41 Å². The van der Waals surface area contributed by atoms with Gasteiger partial charge < -0.3 is 14.2 Å². The molecule has 7 rings (SSSR count). The molecule has 3 fully saturated rings. The summed E-state index contributed by atoms with van der Waals surface area (Å²) in [6, 6.07) is 11.0. The van der Waals surface area contributed by atoms with Crippen molar-refractivity contribution in [3.8, 4) is 17.0 Å². The van der Waals surface area contributed by atoms with Crippen LogP contribution in [-0.2, 0) is 14.3 Å². The number of rotatable bonds is 7. The molecular formula is C37H45FN4O4. The zero-order valence-electron chi connectivity index (χ0n) is 27.6. The highest BCUT2D eigenvalue weighted by molar-refractivity contribution is 6.06. The van der Waals surface area contributed by atoms with Gasteiger partial charge in [-0.3, -0.25) is 9.69 Å². The van der Waals surface area contributed by atoms with Crippen molar-refractivity contribution >= 4 is 27.6 Å². The summed E-state index contributed by atoms with van der Waals surface area (Å²) in [7, 11) is 0. The molecule has 0 amide bonds. The topological polar surface area (TPSA) is 78.7 Å². The van der Waals surface area contributed by atoms with Crippen LogP contribution in [0.5, 0.6) is 5.88 Å². The highest BCUT2D eigenvalue weighted by Crippen LogP contribution is 2.50. The number of pyridine rings is 1. The molecular weight excluding hydrogens is 583 g/mol. The van der Waals surface area contributed by atoms with Crippen molar-refractivity contribution in [2.45, 2.75) is 97.0 Å². The number of hydrogen-bond acceptors (Lipinski definition) is 7. The fraction of sp³-hybridized carbons (Fsp3) is 0.541. The summed E-state index contributed by atoms with van der Waals surface area (Å²) in [4.78, 5) is 19.9. The second-order valence-electron chi connectivity index (χ2n) is 14.9. The van der Waals surface area contributed by atoms with Crippen molar-refractivity contribution in [3.63, 3.8) is 0 Å². The molecule has 4 aromatic rings. The number of ether oxygens (including phenoxy) is 3. The third-order valence-electron chi connectivity index (χ3n) is 9.71. The maximum atomic E-state index is 14.0. The van der Waals surface area contributed by atoms with Gasteiger partial charge in [0.25, 0.3) is 0 Å². The third-order valence-corrected chi connectivity index (χ3v) is 9.71. The van der Waals surface area contributed by atoms with Gasteiger partial charge in [0.2, 0.25) is 5.88 Å². The summed E-state index contributed by atoms with van der Waals surface area (Å²) in [5.74, 6) is 0.315. The van der Waals surface area contributed by atoms with E-state index in [1.54, 1.807) is 0 Å². The van der Waals surface area contributed by atoms with Crippen LogP contribution < -0.4 is 4.74 Å². The van der Waals surface area contributed by atoms with Crippen LogP contribution >= 0.6 is 0 Å². The second kappa shape index (κ2) is 11.9. The Morgan fingerprint density at radius 1 is 1.13 bits per heavy atom. The summed E-state index contributed by atoms with van der Waals surface area (Å²) in [5.41, 5.74) is 3.52. The van der Waals surface area contributed by atoms with Crippen molar-refractivity contribution in [3.05, 3.63) is 54.1 Å². The largest absolute Gasteiger partial charge is 0.474 e. The van der Waals surface area contributed by atoms with Crippen molar-refractivity contribution in [1.82, 2.24) is 19.7 Å². The SMILES string of the molecule is CC(C)c1nc(OC2CC3(CCN(CC(=O)OC(C)(C)C)C3)C2)c2cc3c(cnn3C3CCCCO3)cc2c1-c1ccc(F)cc1. The van der Waals surface area contributed by atoms with Gasteiger partial charge in [-0.15, -0.1) is 0 Å². The molecule has 4 heterocycles. The molecule has 3 aliphatic rings. The maximum absolute atomic E-state index is 14.0. The summed E-state index contributed by atoms with van der Waals surface area (Å²) < 4.78 is 34.5. The van der Waals surface area contributed by atoms with Crippen LogP contribution in [-0.4, -0.2) is 63.6 Å². The first-order chi connectivity index (χ1) is 22.0. The zero-order chi connectivity index (χ0) is 32.2. The van der Waals surface area contributed by atoms with E-state index in [4.69, 9.17) is 24.3 Å². The molecule has 1 atom stereocenters. The number of halogens is 1. The van der Waals surface area contributed by atoms with Gasteiger partial charge in [-0.05, 0) is 112 Å². The number of carbonyl (C=O) groups excluding carboxylic acids is 1. The molecule has 0 radical (unpaired) electrons. The molecule has 9 heteroatoms. The quantitative estimate of drug-likeness (QED) is 0.193. The summed E-state index contributed by atoms with van der Waals surface area (Å²) in [6.07, 6.45) is 7.87. The monoisotopic (exact) mass is 628 g/mol. The highest BCUT2D eigenvalue weighted by atomic mass is 19.1. The Labute approximate surface area is 270 Å². The van der Waals surface area contributed by atoms with Gasteiger partial charge in [-0.1, -0.05) is 26.0 Å². The molecule has 0 N–H and O–H groups in total. The van der Waals surface area contributed by atoms with Gasteiger partial charge >= 0.3 is 5.97 Å². The Kier molecular flexibility index (Phi) is 8.04. The van der Waals surface area contributed by atoms with E-state index in [1.165, 1.54) is 12.1 Å². The molecule has 1 unspecified atom stereocenters. The van der Waals surface area contributed by atoms with Crippen LogP contribution in [0.15, 0.2) is 42.6 Å². The molecule has 2 aromatic heterocycles. The number of likely N-dealkylation sites (tertiary alicyclic amines) is 1. The fourth-order valence-corrected chi connectivity index (χ4v) is 7.61. The Morgan fingerprint density at radius 3 is 2.61 bits per heavy atom. The molecule has 46 heavy (non-hydrogen) atoms. The van der Waals surface area contributed by atoms with Gasteiger partial charge in [0, 0.05) is 29.5 Å². The number of benzene rings is 2. The Hall–Kier alpha value is -3.56. The first kappa shape index (κ1) is 31.1. The van der Waals surface area contributed by atoms with E-state index in [2.05, 4.69) is 30.9 Å². The third kappa shape index (κ3) is 6.11. The van der Waals surface area contributed by atoms with E-state index >= 15 is 0 Å². The fourth-order valence-electron chi connectivity index (χ4n) is 7.61. The molecule has 8 nitrogen and oxygen atoms in total. The highest BCUT2D eigenvalue weighted by Gasteiger charge is 2.50. The van der Waals surface area contributed by atoms with E-state index in [9.17, 15) is 9.18 Å². The molecule has 1 saturated carbocycles. The van der Waals surface area contributed by atoms with E-state index in [0.717, 1.165) is 96.7 Å². The van der Waals surface area contributed by atoms with Gasteiger partial charge in [-0.25, -0.2) is 14.1 Å². The van der Waals surface area contributed by atoms with Crippen molar-refractivity contribution in [1.29, 1.82) is 0 Å². The predicted molar refractivity (Wildman–Crippen MR) is 176 cm³/mol. The van der Waals surface area contributed by atoms with Crippen LogP contribution in [0.3, 0.4) is 0 Å². The minimum absolute atomic E-state index is 0.0381. The molecule has 2 saturated heterocycles. The normalized spacial score (nSPS) is 23.8. The molecule has 244 valence electrons. The average Bonchev–Trinajstić information content (AvgIpc) is 3.60. The Bertz CT molecular complexity index is 1750. The number of hydrogen-bond donors (Lipinski definition) is 0. The average molecular weight is 629 g/mol. The number of carbonyl (C=O) groups is 1. The van der Waals surface area contributed by atoms with Crippen LogP contribution in [0.25, 0.3) is 32.8 Å². The lowest BCUT2D eigenvalue weighted by atomic mass is 9.66. The van der Waals surface area contributed by atoms with E-state index in [-0.39, 0.29) is 35.5 Å². The minimum atomic E-state index is -0.479.